The molecule has 0 bridgehead atoms. The van der Waals surface area contributed by atoms with Crippen LogP contribution in [-0.4, -0.2) is 20.9 Å². The van der Waals surface area contributed by atoms with Gasteiger partial charge in [0, 0.05) is 19.0 Å². The second-order valence-electron chi connectivity index (χ2n) is 5.42. The number of pyridine rings is 1. The normalized spacial score (nSPS) is 17.5. The Kier molecular flexibility index (Phi) is 2.68. The third-order valence-corrected chi connectivity index (χ3v) is 4.07. The van der Waals surface area contributed by atoms with Crippen LogP contribution in [0.5, 0.6) is 0 Å². The number of aliphatic hydroxyl groups excluding tert-OH is 1. The molecule has 21 heavy (non-hydrogen) atoms. The zero-order valence-electron chi connectivity index (χ0n) is 11.8. The third-order valence-electron chi connectivity index (χ3n) is 4.07. The van der Waals surface area contributed by atoms with Crippen molar-refractivity contribution in [2.75, 3.05) is 5.32 Å². The Hall–Kier alpha value is -2.40. The maximum absolute atomic E-state index is 9.78. The van der Waals surface area contributed by atoms with Crippen molar-refractivity contribution >= 4 is 17.1 Å². The van der Waals surface area contributed by atoms with E-state index in [1.54, 1.807) is 0 Å². The molecule has 1 aliphatic rings. The summed E-state index contributed by atoms with van der Waals surface area (Å²) in [7, 11) is 2.00. The molecule has 2 N–H and O–H groups in total. The predicted octanol–water partition coefficient (Wildman–Crippen LogP) is 1.66. The molecule has 1 atom stereocenters. The van der Waals surface area contributed by atoms with E-state index in [4.69, 9.17) is 0 Å². The van der Waals surface area contributed by atoms with Gasteiger partial charge in [-0.3, -0.25) is 5.32 Å². The first-order valence-electron chi connectivity index (χ1n) is 7.12. The molecule has 5 nitrogen and oxygen atoms in total. The summed E-state index contributed by atoms with van der Waals surface area (Å²) in [6.07, 6.45) is 2.12. The standard InChI is InChI=1S/C16H16N4O/c1-19-13-9-12(11-5-3-2-4-6-11)10-17-15(13)20-8-7-14(21)18-16(19)20/h2-6,9-10,14,21H,7-8H2,1H3/p+1. The van der Waals surface area contributed by atoms with Gasteiger partial charge in [0.05, 0.1) is 12.7 Å². The maximum atomic E-state index is 9.78. The second-order valence-corrected chi connectivity index (χ2v) is 5.42. The molecule has 0 radical (unpaired) electrons. The van der Waals surface area contributed by atoms with Crippen LogP contribution in [0.15, 0.2) is 42.6 Å². The minimum atomic E-state index is -0.485. The quantitative estimate of drug-likeness (QED) is 0.667. The summed E-state index contributed by atoms with van der Waals surface area (Å²) in [5.74, 6) is 0.904. The highest BCUT2D eigenvalue weighted by Gasteiger charge is 2.28. The number of nitrogens with zero attached hydrogens (tertiary/aromatic N) is 3. The van der Waals surface area contributed by atoms with Crippen LogP contribution in [0.25, 0.3) is 22.3 Å². The molecular formula is C16H17N4O+. The highest BCUT2D eigenvalue weighted by Crippen LogP contribution is 2.24. The molecule has 1 aromatic carbocycles. The Morgan fingerprint density at radius 1 is 1.29 bits per heavy atom. The van der Waals surface area contributed by atoms with E-state index in [9.17, 15) is 5.11 Å². The van der Waals surface area contributed by atoms with Gasteiger partial charge in [-0.1, -0.05) is 30.3 Å². The van der Waals surface area contributed by atoms with E-state index in [1.807, 2.05) is 31.4 Å². The zero-order valence-corrected chi connectivity index (χ0v) is 11.8. The van der Waals surface area contributed by atoms with Crippen molar-refractivity contribution in [3.63, 3.8) is 0 Å². The summed E-state index contributed by atoms with van der Waals surface area (Å²) in [5, 5.41) is 12.9. The highest BCUT2D eigenvalue weighted by atomic mass is 16.3. The van der Waals surface area contributed by atoms with Crippen LogP contribution in [0, 0.1) is 0 Å². The first-order valence-corrected chi connectivity index (χ1v) is 7.12. The Balaban J connectivity index is 1.91. The number of fused-ring (bicyclic) bond motifs is 3. The first kappa shape index (κ1) is 12.3. The SMILES string of the molecule is Cn1c2[n+](c3ncc(-c4ccccc4)cc31)CCC(O)N2. The van der Waals surface area contributed by atoms with Crippen LogP contribution >= 0.6 is 0 Å². The second kappa shape index (κ2) is 4.56. The summed E-state index contributed by atoms with van der Waals surface area (Å²) in [6.45, 7) is 0.776. The van der Waals surface area contributed by atoms with Gasteiger partial charge in [0.1, 0.15) is 0 Å². The molecule has 2 aromatic heterocycles. The van der Waals surface area contributed by atoms with E-state index in [1.165, 1.54) is 0 Å². The molecule has 0 amide bonds. The van der Waals surface area contributed by atoms with Crippen LogP contribution in [-0.2, 0) is 13.6 Å². The number of nitrogens with one attached hydrogen (secondary N) is 1. The lowest BCUT2D eigenvalue weighted by Gasteiger charge is -2.16. The van der Waals surface area contributed by atoms with E-state index < -0.39 is 6.23 Å². The fourth-order valence-corrected chi connectivity index (χ4v) is 2.94. The molecule has 0 saturated carbocycles. The van der Waals surface area contributed by atoms with Crippen LogP contribution in [0.3, 0.4) is 0 Å². The van der Waals surface area contributed by atoms with Crippen molar-refractivity contribution in [3.05, 3.63) is 42.6 Å². The number of rotatable bonds is 1. The first-order chi connectivity index (χ1) is 10.2. The number of anilines is 1. The summed E-state index contributed by atoms with van der Waals surface area (Å²) in [4.78, 5) is 4.64. The van der Waals surface area contributed by atoms with E-state index in [2.05, 4.69) is 37.6 Å². The fourth-order valence-electron chi connectivity index (χ4n) is 2.94. The van der Waals surface area contributed by atoms with Crippen molar-refractivity contribution in [3.8, 4) is 11.1 Å². The number of imidazole rings is 1. The molecule has 0 aliphatic carbocycles. The van der Waals surface area contributed by atoms with E-state index in [-0.39, 0.29) is 0 Å². The van der Waals surface area contributed by atoms with Crippen LogP contribution in [0.4, 0.5) is 5.95 Å². The van der Waals surface area contributed by atoms with Gasteiger partial charge in [0.2, 0.25) is 0 Å². The van der Waals surface area contributed by atoms with Gasteiger partial charge >= 0.3 is 5.95 Å². The van der Waals surface area contributed by atoms with Crippen molar-refractivity contribution < 1.29 is 9.67 Å². The van der Waals surface area contributed by atoms with Crippen LogP contribution in [0.1, 0.15) is 6.42 Å². The van der Waals surface area contributed by atoms with Gasteiger partial charge in [-0.25, -0.2) is 9.13 Å². The van der Waals surface area contributed by atoms with E-state index in [0.717, 1.165) is 34.8 Å². The monoisotopic (exact) mass is 281 g/mol. The third kappa shape index (κ3) is 1.89. The Bertz CT molecular complexity index is 810. The van der Waals surface area contributed by atoms with E-state index >= 15 is 0 Å². The number of aryl methyl sites for hydroxylation is 2. The van der Waals surface area contributed by atoms with Crippen molar-refractivity contribution in [2.45, 2.75) is 19.2 Å². The molecule has 4 rings (SSSR count). The Labute approximate surface area is 122 Å². The smallest absolute Gasteiger partial charge is 0.319 e. The maximum Gasteiger partial charge on any atom is 0.319 e. The Morgan fingerprint density at radius 2 is 2.10 bits per heavy atom. The lowest BCUT2D eigenvalue weighted by atomic mass is 10.1. The zero-order chi connectivity index (χ0) is 14.4. The molecule has 1 aliphatic heterocycles. The van der Waals surface area contributed by atoms with Crippen molar-refractivity contribution in [2.24, 2.45) is 7.05 Å². The molecular weight excluding hydrogens is 264 g/mol. The fraction of sp³-hybridized carbons (Fsp3) is 0.250. The number of hydrogen-bond donors (Lipinski definition) is 2. The molecule has 0 spiro atoms. The molecule has 0 saturated heterocycles. The van der Waals surface area contributed by atoms with Crippen molar-refractivity contribution in [1.29, 1.82) is 0 Å². The topological polar surface area (TPSA) is 54.0 Å². The summed E-state index contributed by atoms with van der Waals surface area (Å²) < 4.78 is 4.17. The predicted molar refractivity (Wildman–Crippen MR) is 80.6 cm³/mol. The number of aliphatic hydroxyl groups is 1. The van der Waals surface area contributed by atoms with Gasteiger partial charge in [-0.05, 0) is 11.6 Å². The Morgan fingerprint density at radius 3 is 2.90 bits per heavy atom. The molecule has 5 heteroatoms. The average molecular weight is 281 g/mol. The summed E-state index contributed by atoms with van der Waals surface area (Å²) in [5.41, 5.74) is 4.27. The van der Waals surface area contributed by atoms with Gasteiger partial charge in [-0.15, -0.1) is 4.98 Å². The minimum Gasteiger partial charge on any atom is -0.364 e. The molecule has 1 unspecified atom stereocenters. The van der Waals surface area contributed by atoms with Crippen LogP contribution < -0.4 is 9.88 Å². The lowest BCUT2D eigenvalue weighted by molar-refractivity contribution is -0.665. The molecule has 106 valence electrons. The van der Waals surface area contributed by atoms with Gasteiger partial charge in [0.15, 0.2) is 11.7 Å². The van der Waals surface area contributed by atoms with Gasteiger partial charge in [0.25, 0.3) is 5.65 Å². The van der Waals surface area contributed by atoms with E-state index in [0.29, 0.717) is 6.42 Å². The van der Waals surface area contributed by atoms with Crippen LogP contribution in [0.2, 0.25) is 0 Å². The minimum absolute atomic E-state index is 0.485. The molecule has 0 fully saturated rings. The lowest BCUT2D eigenvalue weighted by Crippen LogP contribution is -2.46. The summed E-state index contributed by atoms with van der Waals surface area (Å²) >= 11 is 0. The van der Waals surface area contributed by atoms with Crippen molar-refractivity contribution in [1.82, 2.24) is 9.55 Å². The number of benzene rings is 1. The summed E-state index contributed by atoms with van der Waals surface area (Å²) in [6, 6.07) is 12.4. The molecule has 3 heterocycles. The highest BCUT2D eigenvalue weighted by molar-refractivity contribution is 5.77. The van der Waals surface area contributed by atoms with Gasteiger partial charge < -0.3 is 5.11 Å². The molecule has 3 aromatic rings. The average Bonchev–Trinajstić information content (AvgIpc) is 2.80. The number of aromatic nitrogens is 3. The number of hydrogen-bond acceptors (Lipinski definition) is 3. The largest absolute Gasteiger partial charge is 0.364 e. The van der Waals surface area contributed by atoms with Gasteiger partial charge in [-0.2, -0.15) is 0 Å².